The van der Waals surface area contributed by atoms with Gasteiger partial charge in [0.1, 0.15) is 0 Å². The van der Waals surface area contributed by atoms with Crippen molar-refractivity contribution in [3.63, 3.8) is 0 Å². The molecule has 0 saturated carbocycles. The van der Waals surface area contributed by atoms with E-state index in [1.165, 1.54) is 24.3 Å². The second kappa shape index (κ2) is 9.72. The van der Waals surface area contributed by atoms with Crippen LogP contribution in [0.1, 0.15) is 22.8 Å². The van der Waals surface area contributed by atoms with Gasteiger partial charge in [0.2, 0.25) is 5.91 Å². The zero-order chi connectivity index (χ0) is 24.1. The van der Waals surface area contributed by atoms with Crippen LogP contribution in [0.15, 0.2) is 108 Å². The average Bonchev–Trinajstić information content (AvgIpc) is 2.84. The molecule has 4 aromatic carbocycles. The molecule has 0 bridgehead atoms. The number of amides is 2. The molecule has 34 heavy (non-hydrogen) atoms. The number of carbonyl (C=O) groups is 2. The van der Waals surface area contributed by atoms with Gasteiger partial charge in [-0.1, -0.05) is 66.7 Å². The van der Waals surface area contributed by atoms with Crippen molar-refractivity contribution in [2.45, 2.75) is 11.8 Å². The van der Waals surface area contributed by atoms with Crippen LogP contribution in [0.5, 0.6) is 0 Å². The monoisotopic (exact) mass is 470 g/mol. The number of benzene rings is 4. The summed E-state index contributed by atoms with van der Waals surface area (Å²) in [6.07, 6.45) is 1.44. The highest BCUT2D eigenvalue weighted by Gasteiger charge is 2.20. The molecule has 0 aliphatic rings. The Hall–Kier alpha value is -4.23. The van der Waals surface area contributed by atoms with Crippen LogP contribution in [0.2, 0.25) is 0 Å². The molecule has 6 nitrogen and oxygen atoms in total. The van der Waals surface area contributed by atoms with Crippen molar-refractivity contribution in [2.24, 2.45) is 0 Å². The first kappa shape index (κ1) is 22.9. The molecular weight excluding hydrogens is 448 g/mol. The van der Waals surface area contributed by atoms with E-state index in [1.54, 1.807) is 36.4 Å². The highest BCUT2D eigenvalue weighted by Crippen LogP contribution is 2.22. The summed E-state index contributed by atoms with van der Waals surface area (Å²) in [5.74, 6) is -1.27. The van der Waals surface area contributed by atoms with E-state index in [4.69, 9.17) is 0 Å². The molecule has 0 spiro atoms. The van der Waals surface area contributed by atoms with Crippen molar-refractivity contribution in [2.75, 3.05) is 5.32 Å². The smallest absolute Gasteiger partial charge is 0.267 e. The molecule has 7 heteroatoms. The van der Waals surface area contributed by atoms with Gasteiger partial charge in [-0.2, -0.15) is 0 Å². The molecule has 4 aromatic rings. The van der Waals surface area contributed by atoms with Gasteiger partial charge in [-0.15, -0.1) is 0 Å². The fraction of sp³-hybridized carbons (Fsp3) is 0.0370. The average molecular weight is 471 g/mol. The largest absolute Gasteiger partial charge is 0.322 e. The van der Waals surface area contributed by atoms with Gasteiger partial charge >= 0.3 is 0 Å². The molecule has 0 unspecified atom stereocenters. The quantitative estimate of drug-likeness (QED) is 0.388. The predicted molar refractivity (Wildman–Crippen MR) is 134 cm³/mol. The molecule has 4 rings (SSSR count). The van der Waals surface area contributed by atoms with E-state index in [1.807, 2.05) is 49.4 Å². The Morgan fingerprint density at radius 2 is 1.41 bits per heavy atom. The highest BCUT2D eigenvalue weighted by atomic mass is 32.2. The Bertz CT molecular complexity index is 1510. The predicted octanol–water partition coefficient (Wildman–Crippen LogP) is 5.00. The maximum atomic E-state index is 12.7. The first-order valence-electron chi connectivity index (χ1n) is 10.5. The van der Waals surface area contributed by atoms with E-state index in [2.05, 4.69) is 10.0 Å². The maximum Gasteiger partial charge on any atom is 0.267 e. The van der Waals surface area contributed by atoms with Crippen LogP contribution in [0.3, 0.4) is 0 Å². The second-order valence-corrected chi connectivity index (χ2v) is 9.35. The van der Waals surface area contributed by atoms with Crippen LogP contribution in [-0.2, 0) is 14.8 Å². The van der Waals surface area contributed by atoms with Crippen molar-refractivity contribution in [3.05, 3.63) is 114 Å². The van der Waals surface area contributed by atoms with E-state index in [9.17, 15) is 18.0 Å². The number of rotatable bonds is 6. The van der Waals surface area contributed by atoms with Gasteiger partial charge in [-0.05, 0) is 59.2 Å². The Balaban J connectivity index is 1.53. The van der Waals surface area contributed by atoms with Gasteiger partial charge in [0.05, 0.1) is 16.1 Å². The third-order valence-electron chi connectivity index (χ3n) is 5.26. The Morgan fingerprint density at radius 1 is 0.765 bits per heavy atom. The van der Waals surface area contributed by atoms with Crippen molar-refractivity contribution < 1.29 is 18.0 Å². The van der Waals surface area contributed by atoms with Crippen molar-refractivity contribution in [3.8, 4) is 0 Å². The van der Waals surface area contributed by atoms with Crippen LogP contribution < -0.4 is 10.0 Å². The summed E-state index contributed by atoms with van der Waals surface area (Å²) < 4.78 is 27.1. The molecule has 170 valence electrons. The summed E-state index contributed by atoms with van der Waals surface area (Å²) >= 11 is 0. The van der Waals surface area contributed by atoms with Crippen molar-refractivity contribution in [1.82, 2.24) is 4.72 Å². The summed E-state index contributed by atoms with van der Waals surface area (Å²) in [7, 11) is -4.05. The number of carbonyl (C=O) groups excluding carboxylic acids is 2. The molecule has 0 aliphatic heterocycles. The van der Waals surface area contributed by atoms with Crippen LogP contribution in [0, 0.1) is 0 Å². The van der Waals surface area contributed by atoms with Crippen LogP contribution in [0.25, 0.3) is 16.3 Å². The minimum Gasteiger partial charge on any atom is -0.322 e. The van der Waals surface area contributed by atoms with Crippen molar-refractivity contribution in [1.29, 1.82) is 0 Å². The van der Waals surface area contributed by atoms with E-state index in [0.29, 0.717) is 0 Å². The van der Waals surface area contributed by atoms with Gasteiger partial charge < -0.3 is 5.32 Å². The summed E-state index contributed by atoms with van der Waals surface area (Å²) in [6, 6.07) is 27.7. The Kier molecular flexibility index (Phi) is 6.56. The lowest BCUT2D eigenvalue weighted by Crippen LogP contribution is -2.31. The fourth-order valence-electron chi connectivity index (χ4n) is 3.51. The number of hydrogen-bond acceptors (Lipinski definition) is 4. The standard InChI is InChI=1S/C27H22N2O4S/c1-19(21-16-15-20-9-5-6-10-22(20)18-21)17-26(30)28-25-14-8-7-13-24(25)27(31)29-34(32,33)23-11-3-2-4-12-23/h2-18H,1H3,(H,28,30)(H,29,31). The number of nitrogens with one attached hydrogen (secondary N) is 2. The number of fused-ring (bicyclic) bond motifs is 1. The van der Waals surface area contributed by atoms with Gasteiger partial charge in [-0.25, -0.2) is 13.1 Å². The molecular formula is C27H22N2O4S. The molecule has 0 radical (unpaired) electrons. The van der Waals surface area contributed by atoms with Crippen LogP contribution >= 0.6 is 0 Å². The van der Waals surface area contributed by atoms with E-state index < -0.39 is 21.8 Å². The minimum absolute atomic E-state index is 0.0289. The SMILES string of the molecule is CC(=CC(=O)Nc1ccccc1C(=O)NS(=O)(=O)c1ccccc1)c1ccc2ccccc2c1. The third-order valence-corrected chi connectivity index (χ3v) is 6.61. The Morgan fingerprint density at radius 3 is 2.18 bits per heavy atom. The van der Waals surface area contributed by atoms with Gasteiger partial charge in [-0.3, -0.25) is 9.59 Å². The number of hydrogen-bond donors (Lipinski definition) is 2. The molecule has 0 saturated heterocycles. The van der Waals surface area contributed by atoms with E-state index >= 15 is 0 Å². The van der Waals surface area contributed by atoms with Gasteiger partial charge in [0.25, 0.3) is 15.9 Å². The van der Waals surface area contributed by atoms with Crippen molar-refractivity contribution >= 4 is 43.9 Å². The lowest BCUT2D eigenvalue weighted by molar-refractivity contribution is -0.111. The van der Waals surface area contributed by atoms with E-state index in [-0.39, 0.29) is 16.1 Å². The summed E-state index contributed by atoms with van der Waals surface area (Å²) in [6.45, 7) is 1.83. The molecule has 0 atom stereocenters. The molecule has 2 amide bonds. The number of para-hydroxylation sites is 1. The van der Waals surface area contributed by atoms with Crippen LogP contribution in [-0.4, -0.2) is 20.2 Å². The second-order valence-electron chi connectivity index (χ2n) is 7.67. The normalized spacial score (nSPS) is 11.7. The zero-order valence-electron chi connectivity index (χ0n) is 18.4. The maximum absolute atomic E-state index is 12.7. The fourth-order valence-corrected chi connectivity index (χ4v) is 4.50. The third kappa shape index (κ3) is 5.22. The molecule has 0 fully saturated rings. The Labute approximate surface area is 198 Å². The first-order valence-corrected chi connectivity index (χ1v) is 12.0. The summed E-state index contributed by atoms with van der Waals surface area (Å²) in [4.78, 5) is 25.4. The number of anilines is 1. The molecule has 0 heterocycles. The molecule has 0 aromatic heterocycles. The van der Waals surface area contributed by atoms with Gasteiger partial charge in [0, 0.05) is 6.08 Å². The zero-order valence-corrected chi connectivity index (χ0v) is 19.2. The lowest BCUT2D eigenvalue weighted by atomic mass is 10.0. The topological polar surface area (TPSA) is 92.3 Å². The summed E-state index contributed by atoms with van der Waals surface area (Å²) in [5.41, 5.74) is 1.88. The highest BCUT2D eigenvalue weighted by molar-refractivity contribution is 7.90. The first-order chi connectivity index (χ1) is 16.3. The van der Waals surface area contributed by atoms with E-state index in [0.717, 1.165) is 21.9 Å². The molecule has 2 N–H and O–H groups in total. The minimum atomic E-state index is -4.05. The number of allylic oxidation sites excluding steroid dienone is 1. The number of sulfonamides is 1. The van der Waals surface area contributed by atoms with Crippen LogP contribution in [0.4, 0.5) is 5.69 Å². The summed E-state index contributed by atoms with van der Waals surface area (Å²) in [5, 5.41) is 4.85. The molecule has 0 aliphatic carbocycles. The van der Waals surface area contributed by atoms with Gasteiger partial charge in [0.15, 0.2) is 0 Å². The lowest BCUT2D eigenvalue weighted by Gasteiger charge is -2.11.